The monoisotopic (exact) mass is 272 g/mol. The van der Waals surface area contributed by atoms with Gasteiger partial charge in [0.2, 0.25) is 0 Å². The third-order valence-electron chi connectivity index (χ3n) is 1.85. The van der Waals surface area contributed by atoms with Crippen LogP contribution in [-0.2, 0) is 4.79 Å². The Morgan fingerprint density at radius 2 is 2.06 bits per heavy atom. The summed E-state index contributed by atoms with van der Waals surface area (Å²) in [5, 5.41) is 11.2. The second-order valence-corrected chi connectivity index (χ2v) is 3.79. The zero-order valence-electron chi connectivity index (χ0n) is 8.31. The predicted octanol–water partition coefficient (Wildman–Crippen LogP) is 1.26. The number of amides is 1. The van der Waals surface area contributed by atoms with Crippen molar-refractivity contribution in [2.45, 2.75) is 0 Å². The third kappa shape index (κ3) is 2.60. The van der Waals surface area contributed by atoms with Crippen LogP contribution in [0.4, 0.5) is 5.82 Å². The van der Waals surface area contributed by atoms with E-state index >= 15 is 0 Å². The molecule has 2 N–H and O–H groups in total. The summed E-state index contributed by atoms with van der Waals surface area (Å²) in [6.07, 6.45) is 0. The molecule has 0 spiro atoms. The second kappa shape index (κ2) is 4.79. The minimum atomic E-state index is -0.668. The summed E-state index contributed by atoms with van der Waals surface area (Å²) >= 11 is 11.5. The lowest BCUT2D eigenvalue weighted by atomic mass is 10.4. The van der Waals surface area contributed by atoms with Crippen molar-refractivity contribution in [1.82, 2.24) is 15.0 Å². The van der Waals surface area contributed by atoms with Crippen molar-refractivity contribution < 1.29 is 9.90 Å². The van der Waals surface area contributed by atoms with Gasteiger partial charge in [-0.05, 0) is 12.1 Å². The first kappa shape index (κ1) is 12.0. The molecule has 2 heterocycles. The van der Waals surface area contributed by atoms with Crippen molar-refractivity contribution in [2.24, 2.45) is 0 Å². The molecule has 6 nitrogen and oxygen atoms in total. The van der Waals surface area contributed by atoms with Gasteiger partial charge in [0.05, 0.1) is 0 Å². The molecule has 2 aromatic heterocycles. The van der Waals surface area contributed by atoms with Crippen LogP contribution in [0, 0.1) is 0 Å². The molecule has 0 unspecified atom stereocenters. The minimum absolute atomic E-state index is 0.0171. The third-order valence-corrected chi connectivity index (χ3v) is 2.33. The van der Waals surface area contributed by atoms with Crippen LogP contribution in [0.5, 0.6) is 0 Å². The van der Waals surface area contributed by atoms with Gasteiger partial charge < -0.3 is 10.4 Å². The van der Waals surface area contributed by atoms with Gasteiger partial charge in [0.25, 0.3) is 5.91 Å². The number of carbonyl (C=O) groups is 1. The number of aliphatic hydroxyl groups is 1. The van der Waals surface area contributed by atoms with E-state index in [1.807, 2.05) is 0 Å². The van der Waals surface area contributed by atoms with E-state index in [9.17, 15) is 4.79 Å². The number of halogens is 2. The largest absolute Gasteiger partial charge is 0.387 e. The molecule has 2 aromatic rings. The molecule has 1 amide bonds. The number of aromatic nitrogens is 3. The number of nitrogens with one attached hydrogen (secondary N) is 1. The van der Waals surface area contributed by atoms with Crippen LogP contribution in [0.15, 0.2) is 12.1 Å². The molecule has 8 heteroatoms. The fourth-order valence-corrected chi connectivity index (χ4v) is 1.47. The number of anilines is 1. The van der Waals surface area contributed by atoms with Crippen LogP contribution in [0.25, 0.3) is 11.2 Å². The van der Waals surface area contributed by atoms with Crippen LogP contribution in [0.3, 0.4) is 0 Å². The number of rotatable bonds is 2. The highest BCUT2D eigenvalue weighted by Crippen LogP contribution is 2.21. The van der Waals surface area contributed by atoms with Crippen LogP contribution >= 0.6 is 23.2 Å². The lowest BCUT2D eigenvalue weighted by Gasteiger charge is -2.05. The lowest BCUT2D eigenvalue weighted by Crippen LogP contribution is -2.17. The summed E-state index contributed by atoms with van der Waals surface area (Å²) in [6.45, 7) is -0.668. The molecular formula is C9H6Cl2N4O2. The van der Waals surface area contributed by atoms with Crippen molar-refractivity contribution in [3.8, 4) is 0 Å². The number of nitrogens with zero attached hydrogens (tertiary/aromatic N) is 3. The number of carbonyl (C=O) groups excluding carboxylic acids is 1. The van der Waals surface area contributed by atoms with E-state index < -0.39 is 12.5 Å². The first-order valence-electron chi connectivity index (χ1n) is 4.50. The van der Waals surface area contributed by atoms with Crippen LogP contribution in [-0.4, -0.2) is 32.6 Å². The SMILES string of the molecule is O=C(CO)Nc1nc2nc(Cl)ccc2nc1Cl. The van der Waals surface area contributed by atoms with Gasteiger partial charge in [-0.1, -0.05) is 23.2 Å². The Bertz CT molecular complexity index is 590. The predicted molar refractivity (Wildman–Crippen MR) is 63.1 cm³/mol. The number of aliphatic hydroxyl groups excluding tert-OH is 1. The Kier molecular flexibility index (Phi) is 3.37. The average molecular weight is 273 g/mol. The van der Waals surface area contributed by atoms with Crippen molar-refractivity contribution in [2.75, 3.05) is 11.9 Å². The van der Waals surface area contributed by atoms with E-state index in [-0.39, 0.29) is 21.8 Å². The number of hydrogen-bond donors (Lipinski definition) is 2. The summed E-state index contributed by atoms with van der Waals surface area (Å²) in [5.74, 6) is -0.601. The van der Waals surface area contributed by atoms with Gasteiger partial charge in [0, 0.05) is 0 Å². The number of fused-ring (bicyclic) bond motifs is 1. The van der Waals surface area contributed by atoms with Gasteiger partial charge in [-0.25, -0.2) is 15.0 Å². The highest BCUT2D eigenvalue weighted by Gasteiger charge is 2.10. The maximum absolute atomic E-state index is 11.0. The summed E-state index contributed by atoms with van der Waals surface area (Å²) in [6, 6.07) is 3.17. The first-order chi connectivity index (χ1) is 8.10. The fourth-order valence-electron chi connectivity index (χ4n) is 1.15. The number of hydrogen-bond acceptors (Lipinski definition) is 5. The lowest BCUT2D eigenvalue weighted by molar-refractivity contribution is -0.118. The normalized spacial score (nSPS) is 10.5. The Morgan fingerprint density at radius 1 is 1.29 bits per heavy atom. The summed E-state index contributed by atoms with van der Waals surface area (Å²) < 4.78 is 0. The van der Waals surface area contributed by atoms with E-state index in [2.05, 4.69) is 20.3 Å². The fraction of sp³-hybridized carbons (Fsp3) is 0.111. The molecule has 88 valence electrons. The van der Waals surface area contributed by atoms with Crippen molar-refractivity contribution in [3.05, 3.63) is 22.4 Å². The Morgan fingerprint density at radius 3 is 2.76 bits per heavy atom. The molecule has 0 aromatic carbocycles. The van der Waals surface area contributed by atoms with Gasteiger partial charge >= 0.3 is 0 Å². The van der Waals surface area contributed by atoms with E-state index in [4.69, 9.17) is 28.3 Å². The Hall–Kier alpha value is -1.50. The molecule has 0 saturated heterocycles. The van der Waals surface area contributed by atoms with E-state index in [0.29, 0.717) is 5.52 Å². The average Bonchev–Trinajstić information content (AvgIpc) is 2.30. The summed E-state index contributed by atoms with van der Waals surface area (Å²) in [7, 11) is 0. The maximum Gasteiger partial charge on any atom is 0.251 e. The van der Waals surface area contributed by atoms with Crippen LogP contribution in [0.2, 0.25) is 10.3 Å². The van der Waals surface area contributed by atoms with E-state index in [0.717, 1.165) is 0 Å². The topological polar surface area (TPSA) is 88.0 Å². The van der Waals surface area contributed by atoms with Crippen LogP contribution < -0.4 is 5.32 Å². The minimum Gasteiger partial charge on any atom is -0.387 e. The molecule has 0 saturated carbocycles. The quantitative estimate of drug-likeness (QED) is 0.804. The smallest absolute Gasteiger partial charge is 0.251 e. The molecule has 0 radical (unpaired) electrons. The highest BCUT2D eigenvalue weighted by molar-refractivity contribution is 6.32. The molecule has 0 atom stereocenters. The molecule has 0 aliphatic rings. The van der Waals surface area contributed by atoms with Gasteiger partial charge in [-0.2, -0.15) is 0 Å². The molecule has 0 bridgehead atoms. The van der Waals surface area contributed by atoms with Gasteiger partial charge in [-0.3, -0.25) is 4.79 Å². The number of pyridine rings is 1. The van der Waals surface area contributed by atoms with Gasteiger partial charge in [0.15, 0.2) is 16.6 Å². The van der Waals surface area contributed by atoms with E-state index in [1.165, 1.54) is 0 Å². The second-order valence-electron chi connectivity index (χ2n) is 3.05. The van der Waals surface area contributed by atoms with Crippen LogP contribution in [0.1, 0.15) is 0 Å². The molecule has 17 heavy (non-hydrogen) atoms. The molecule has 0 aliphatic carbocycles. The van der Waals surface area contributed by atoms with Crippen molar-refractivity contribution >= 4 is 46.1 Å². The molecule has 0 fully saturated rings. The van der Waals surface area contributed by atoms with E-state index in [1.54, 1.807) is 12.1 Å². The van der Waals surface area contributed by atoms with Gasteiger partial charge in [0.1, 0.15) is 17.3 Å². The first-order valence-corrected chi connectivity index (χ1v) is 5.26. The Labute approximate surface area is 106 Å². The van der Waals surface area contributed by atoms with Gasteiger partial charge in [-0.15, -0.1) is 0 Å². The maximum atomic E-state index is 11.0. The summed E-state index contributed by atoms with van der Waals surface area (Å²) in [4.78, 5) is 22.9. The van der Waals surface area contributed by atoms with Crippen molar-refractivity contribution in [3.63, 3.8) is 0 Å². The Balaban J connectivity index is 2.49. The summed E-state index contributed by atoms with van der Waals surface area (Å²) in [5.41, 5.74) is 0.719. The molecule has 0 aliphatic heterocycles. The zero-order valence-corrected chi connectivity index (χ0v) is 9.83. The standard InChI is InChI=1S/C9H6Cl2N4O2/c10-5-2-1-4-8(13-5)15-9(7(11)12-4)14-6(17)3-16/h1-2,16H,3H2,(H,13,14,15,17). The molecule has 2 rings (SSSR count). The molecular weight excluding hydrogens is 267 g/mol. The zero-order chi connectivity index (χ0) is 12.4. The highest BCUT2D eigenvalue weighted by atomic mass is 35.5. The van der Waals surface area contributed by atoms with Crippen molar-refractivity contribution in [1.29, 1.82) is 0 Å².